The molecule has 2 rings (SSSR count). The average Bonchev–Trinajstić information content (AvgIpc) is 2.42. The molecule has 0 unspecified atom stereocenters. The van der Waals surface area contributed by atoms with E-state index in [9.17, 15) is 5.21 Å². The smallest absolute Gasteiger partial charge is 0.117 e. The zero-order valence-corrected chi connectivity index (χ0v) is 10.7. The van der Waals surface area contributed by atoms with E-state index >= 15 is 0 Å². The van der Waals surface area contributed by atoms with Gasteiger partial charge in [-0.2, -0.15) is 0 Å². The van der Waals surface area contributed by atoms with Crippen LogP contribution in [0.2, 0.25) is 0 Å². The number of nitrogens with zero attached hydrogens (tertiary/aromatic N) is 1. The van der Waals surface area contributed by atoms with Crippen LogP contribution in [-0.2, 0) is 6.42 Å². The topological polar surface area (TPSA) is 32.6 Å². The van der Waals surface area contributed by atoms with Gasteiger partial charge in [0.1, 0.15) is 5.71 Å². The van der Waals surface area contributed by atoms with Crippen molar-refractivity contribution >= 4 is 5.71 Å². The summed E-state index contributed by atoms with van der Waals surface area (Å²) in [5.74, 6) is 0. The molecule has 0 aliphatic carbocycles. The van der Waals surface area contributed by atoms with Gasteiger partial charge in [0, 0.05) is 11.1 Å². The van der Waals surface area contributed by atoms with Crippen LogP contribution in [0.1, 0.15) is 29.2 Å². The predicted molar refractivity (Wildman–Crippen MR) is 74.4 cm³/mol. The van der Waals surface area contributed by atoms with Crippen LogP contribution in [0, 0.1) is 6.92 Å². The van der Waals surface area contributed by atoms with E-state index in [1.54, 1.807) is 0 Å². The van der Waals surface area contributed by atoms with Crippen molar-refractivity contribution in [3.05, 3.63) is 70.8 Å². The summed E-state index contributed by atoms with van der Waals surface area (Å²) in [6.07, 6.45) is 0.918. The van der Waals surface area contributed by atoms with Gasteiger partial charge in [0.15, 0.2) is 0 Å². The normalized spacial score (nSPS) is 11.6. The van der Waals surface area contributed by atoms with Crippen molar-refractivity contribution in [1.29, 1.82) is 0 Å². The lowest BCUT2D eigenvalue weighted by Gasteiger charge is -2.11. The maximum Gasteiger partial charge on any atom is 0.117 e. The Morgan fingerprint density at radius 1 is 1.00 bits per heavy atom. The van der Waals surface area contributed by atoms with E-state index in [0.717, 1.165) is 23.1 Å². The van der Waals surface area contributed by atoms with E-state index in [0.29, 0.717) is 5.71 Å². The molecule has 92 valence electrons. The molecule has 0 saturated carbocycles. The molecule has 2 heteroatoms. The van der Waals surface area contributed by atoms with Crippen molar-refractivity contribution in [2.75, 3.05) is 0 Å². The molecular formula is C16H17NO. The SMILES string of the molecule is CCc1ccccc1/C(=N/O)c1ccccc1C. The fourth-order valence-corrected chi connectivity index (χ4v) is 2.15. The maximum atomic E-state index is 9.37. The molecule has 0 aliphatic heterocycles. The van der Waals surface area contributed by atoms with Gasteiger partial charge in [-0.05, 0) is 24.5 Å². The van der Waals surface area contributed by atoms with Crippen molar-refractivity contribution in [2.45, 2.75) is 20.3 Å². The molecule has 0 fully saturated rings. The van der Waals surface area contributed by atoms with Crippen molar-refractivity contribution in [1.82, 2.24) is 0 Å². The molecule has 0 radical (unpaired) electrons. The predicted octanol–water partition coefficient (Wildman–Crippen LogP) is 3.78. The molecule has 18 heavy (non-hydrogen) atoms. The quantitative estimate of drug-likeness (QED) is 0.493. The summed E-state index contributed by atoms with van der Waals surface area (Å²) in [5, 5.41) is 12.9. The number of benzene rings is 2. The zero-order chi connectivity index (χ0) is 13.0. The summed E-state index contributed by atoms with van der Waals surface area (Å²) in [5.41, 5.74) is 4.91. The Balaban J connectivity index is 2.57. The second-order valence-corrected chi connectivity index (χ2v) is 4.27. The van der Waals surface area contributed by atoms with Crippen LogP contribution >= 0.6 is 0 Å². The van der Waals surface area contributed by atoms with Gasteiger partial charge in [0.25, 0.3) is 0 Å². The average molecular weight is 239 g/mol. The highest BCUT2D eigenvalue weighted by molar-refractivity contribution is 6.14. The number of hydrogen-bond acceptors (Lipinski definition) is 2. The van der Waals surface area contributed by atoms with Crippen LogP contribution < -0.4 is 0 Å². The molecule has 0 aliphatic rings. The van der Waals surface area contributed by atoms with E-state index in [1.807, 2.05) is 49.4 Å². The van der Waals surface area contributed by atoms with Gasteiger partial charge in [0.2, 0.25) is 0 Å². The van der Waals surface area contributed by atoms with Crippen LogP contribution in [0.3, 0.4) is 0 Å². The van der Waals surface area contributed by atoms with Gasteiger partial charge in [0.05, 0.1) is 0 Å². The summed E-state index contributed by atoms with van der Waals surface area (Å²) in [4.78, 5) is 0. The van der Waals surface area contributed by atoms with Gasteiger partial charge >= 0.3 is 0 Å². The first kappa shape index (κ1) is 12.4. The third-order valence-corrected chi connectivity index (χ3v) is 3.15. The standard InChI is InChI=1S/C16H17NO/c1-3-13-9-5-7-11-15(13)16(17-18)14-10-6-4-8-12(14)2/h4-11,18H,3H2,1-2H3/b17-16+. The highest BCUT2D eigenvalue weighted by Crippen LogP contribution is 2.18. The summed E-state index contributed by atoms with van der Waals surface area (Å²) < 4.78 is 0. The molecule has 0 atom stereocenters. The lowest BCUT2D eigenvalue weighted by atomic mass is 9.94. The first-order valence-corrected chi connectivity index (χ1v) is 6.14. The summed E-state index contributed by atoms with van der Waals surface area (Å²) in [6.45, 7) is 4.13. The van der Waals surface area contributed by atoms with E-state index in [1.165, 1.54) is 5.56 Å². The first-order chi connectivity index (χ1) is 8.77. The van der Waals surface area contributed by atoms with Crippen LogP contribution in [0.5, 0.6) is 0 Å². The van der Waals surface area contributed by atoms with E-state index in [4.69, 9.17) is 0 Å². The van der Waals surface area contributed by atoms with Crippen LogP contribution in [-0.4, -0.2) is 10.9 Å². The third-order valence-electron chi connectivity index (χ3n) is 3.15. The number of rotatable bonds is 3. The summed E-state index contributed by atoms with van der Waals surface area (Å²) in [7, 11) is 0. The minimum Gasteiger partial charge on any atom is -0.410 e. The number of oxime groups is 1. The van der Waals surface area contributed by atoms with E-state index in [2.05, 4.69) is 18.1 Å². The van der Waals surface area contributed by atoms with Crippen molar-refractivity contribution < 1.29 is 5.21 Å². The second-order valence-electron chi connectivity index (χ2n) is 4.27. The minimum absolute atomic E-state index is 0.644. The van der Waals surface area contributed by atoms with Gasteiger partial charge in [-0.3, -0.25) is 0 Å². The third kappa shape index (κ3) is 2.28. The minimum atomic E-state index is 0.644. The largest absolute Gasteiger partial charge is 0.410 e. The van der Waals surface area contributed by atoms with Gasteiger partial charge < -0.3 is 5.21 Å². The Morgan fingerprint density at radius 3 is 2.22 bits per heavy atom. The zero-order valence-electron chi connectivity index (χ0n) is 10.7. The van der Waals surface area contributed by atoms with Crippen molar-refractivity contribution in [3.8, 4) is 0 Å². The van der Waals surface area contributed by atoms with Crippen LogP contribution in [0.4, 0.5) is 0 Å². The lowest BCUT2D eigenvalue weighted by molar-refractivity contribution is 0.319. The van der Waals surface area contributed by atoms with Gasteiger partial charge in [-0.15, -0.1) is 0 Å². The van der Waals surface area contributed by atoms with E-state index < -0.39 is 0 Å². The van der Waals surface area contributed by atoms with Gasteiger partial charge in [-0.1, -0.05) is 60.6 Å². The molecule has 0 bridgehead atoms. The molecule has 1 N–H and O–H groups in total. The Morgan fingerprint density at radius 2 is 1.61 bits per heavy atom. The molecule has 0 saturated heterocycles. The molecule has 0 heterocycles. The number of hydrogen-bond donors (Lipinski definition) is 1. The Labute approximate surface area is 108 Å². The molecule has 2 aromatic rings. The fraction of sp³-hybridized carbons (Fsp3) is 0.188. The van der Waals surface area contributed by atoms with Gasteiger partial charge in [-0.25, -0.2) is 0 Å². The maximum absolute atomic E-state index is 9.37. The van der Waals surface area contributed by atoms with E-state index in [-0.39, 0.29) is 0 Å². The second kappa shape index (κ2) is 5.50. The lowest BCUT2D eigenvalue weighted by Crippen LogP contribution is -2.08. The molecule has 0 amide bonds. The van der Waals surface area contributed by atoms with Crippen LogP contribution in [0.15, 0.2) is 53.7 Å². The fourth-order valence-electron chi connectivity index (χ4n) is 2.15. The Bertz CT molecular complexity index is 573. The van der Waals surface area contributed by atoms with Crippen molar-refractivity contribution in [2.24, 2.45) is 5.16 Å². The molecule has 0 spiro atoms. The highest BCUT2D eigenvalue weighted by atomic mass is 16.4. The monoisotopic (exact) mass is 239 g/mol. The van der Waals surface area contributed by atoms with Crippen LogP contribution in [0.25, 0.3) is 0 Å². The summed E-state index contributed by atoms with van der Waals surface area (Å²) in [6, 6.07) is 16.0. The summed E-state index contributed by atoms with van der Waals surface area (Å²) >= 11 is 0. The molecule has 0 aromatic heterocycles. The Hall–Kier alpha value is -2.09. The highest BCUT2D eigenvalue weighted by Gasteiger charge is 2.12. The molecule has 2 aromatic carbocycles. The van der Waals surface area contributed by atoms with Crippen molar-refractivity contribution in [3.63, 3.8) is 0 Å². The molecular weight excluding hydrogens is 222 g/mol. The number of aryl methyl sites for hydroxylation is 2. The Kier molecular flexibility index (Phi) is 3.78. The first-order valence-electron chi connectivity index (χ1n) is 6.14. The molecule has 2 nitrogen and oxygen atoms in total.